The molecule has 0 N–H and O–H groups in total. The van der Waals surface area contributed by atoms with E-state index in [2.05, 4.69) is 192 Å². The maximum atomic E-state index is 2.45. The molecule has 1 atom stereocenters. The van der Waals surface area contributed by atoms with Crippen molar-refractivity contribution < 1.29 is 0 Å². The number of aromatic nitrogens is 1. The molecule has 2 nitrogen and oxygen atoms in total. The molecule has 0 saturated heterocycles. The molecule has 1 aromatic heterocycles. The number of rotatable bonds is 4. The first-order valence-corrected chi connectivity index (χ1v) is 17.2. The standard InChI is InChI=1S/C47H34N2/c1-47-31-35(25-28-46(47)49(36-15-3-2-4-16-36)45-22-12-10-20-42(45)47)39-18-8-7-17-38(39)34-24-27-44-41(30-34)40-19-9-11-21-43(40)48(44)37-26-23-32-13-5-6-14-33(32)29-37/h2-30H,31H2,1H3. The lowest BCUT2D eigenvalue weighted by atomic mass is 9.72. The minimum atomic E-state index is -0.138. The van der Waals surface area contributed by atoms with Crippen LogP contribution in [0, 0.1) is 0 Å². The first-order chi connectivity index (χ1) is 24.2. The number of anilines is 2. The van der Waals surface area contributed by atoms with Crippen molar-refractivity contribution in [1.29, 1.82) is 0 Å². The molecule has 2 heteroatoms. The number of nitrogens with zero attached hydrogens (tertiary/aromatic N) is 2. The Morgan fingerprint density at radius 2 is 1.22 bits per heavy atom. The molecule has 1 unspecified atom stereocenters. The van der Waals surface area contributed by atoms with E-state index in [4.69, 9.17) is 0 Å². The van der Waals surface area contributed by atoms with Gasteiger partial charge >= 0.3 is 0 Å². The van der Waals surface area contributed by atoms with Crippen LogP contribution < -0.4 is 4.90 Å². The van der Waals surface area contributed by atoms with Crippen LogP contribution in [0.2, 0.25) is 0 Å². The molecule has 0 spiro atoms. The second-order valence-electron chi connectivity index (χ2n) is 13.6. The van der Waals surface area contributed by atoms with E-state index in [-0.39, 0.29) is 5.41 Å². The lowest BCUT2D eigenvalue weighted by Gasteiger charge is -2.34. The fourth-order valence-electron chi connectivity index (χ4n) is 8.50. The highest BCUT2D eigenvalue weighted by atomic mass is 15.2. The summed E-state index contributed by atoms with van der Waals surface area (Å²) in [6.07, 6.45) is 5.66. The number of hydrogen-bond donors (Lipinski definition) is 0. The minimum absolute atomic E-state index is 0.138. The van der Waals surface area contributed by atoms with Crippen molar-refractivity contribution in [3.63, 3.8) is 0 Å². The number of allylic oxidation sites excluding steroid dienone is 4. The molecule has 2 heterocycles. The van der Waals surface area contributed by atoms with Gasteiger partial charge in [0.15, 0.2) is 0 Å². The smallest absolute Gasteiger partial charge is 0.0541 e. The maximum Gasteiger partial charge on any atom is 0.0541 e. The predicted molar refractivity (Wildman–Crippen MR) is 207 cm³/mol. The molecule has 1 aliphatic carbocycles. The third-order valence-corrected chi connectivity index (χ3v) is 10.8. The van der Waals surface area contributed by atoms with Gasteiger partial charge in [0, 0.05) is 38.9 Å². The van der Waals surface area contributed by atoms with E-state index in [9.17, 15) is 0 Å². The van der Waals surface area contributed by atoms with Gasteiger partial charge in [-0.3, -0.25) is 0 Å². The third-order valence-electron chi connectivity index (χ3n) is 10.8. The van der Waals surface area contributed by atoms with E-state index < -0.39 is 0 Å². The second-order valence-corrected chi connectivity index (χ2v) is 13.6. The summed E-state index contributed by atoms with van der Waals surface area (Å²) >= 11 is 0. The van der Waals surface area contributed by atoms with Gasteiger partial charge in [0.1, 0.15) is 0 Å². The topological polar surface area (TPSA) is 8.17 Å². The van der Waals surface area contributed by atoms with Gasteiger partial charge < -0.3 is 9.47 Å². The van der Waals surface area contributed by atoms with E-state index in [1.165, 1.54) is 83.2 Å². The Hall–Kier alpha value is -6.12. The summed E-state index contributed by atoms with van der Waals surface area (Å²) in [6.45, 7) is 2.42. The van der Waals surface area contributed by atoms with Gasteiger partial charge in [-0.2, -0.15) is 0 Å². The molecule has 0 saturated carbocycles. The van der Waals surface area contributed by atoms with E-state index >= 15 is 0 Å². The molecule has 0 fully saturated rings. The largest absolute Gasteiger partial charge is 0.313 e. The molecule has 10 rings (SSSR count). The Morgan fingerprint density at radius 1 is 0.510 bits per heavy atom. The molecule has 7 aromatic carbocycles. The third kappa shape index (κ3) is 4.20. The van der Waals surface area contributed by atoms with Crippen molar-refractivity contribution in [3.05, 3.63) is 193 Å². The average Bonchev–Trinajstić information content (AvgIpc) is 3.63. The highest BCUT2D eigenvalue weighted by Gasteiger charge is 2.45. The van der Waals surface area contributed by atoms with Crippen LogP contribution in [0.4, 0.5) is 11.4 Å². The Bertz CT molecular complexity index is 2660. The van der Waals surface area contributed by atoms with Crippen LogP contribution in [0.5, 0.6) is 0 Å². The van der Waals surface area contributed by atoms with Gasteiger partial charge in [0.05, 0.1) is 11.0 Å². The van der Waals surface area contributed by atoms with Gasteiger partial charge in [-0.1, -0.05) is 121 Å². The zero-order chi connectivity index (χ0) is 32.5. The number of para-hydroxylation sites is 3. The van der Waals surface area contributed by atoms with Crippen molar-refractivity contribution in [3.8, 4) is 16.8 Å². The van der Waals surface area contributed by atoms with Crippen LogP contribution in [0.15, 0.2) is 182 Å². The average molecular weight is 627 g/mol. The molecular formula is C47H34N2. The maximum absolute atomic E-state index is 2.45. The lowest BCUT2D eigenvalue weighted by molar-refractivity contribution is 0.586. The van der Waals surface area contributed by atoms with E-state index in [1.54, 1.807) is 0 Å². The molecule has 0 amide bonds. The second kappa shape index (κ2) is 10.7. The van der Waals surface area contributed by atoms with Crippen molar-refractivity contribution in [2.24, 2.45) is 0 Å². The van der Waals surface area contributed by atoms with Gasteiger partial charge in [0.25, 0.3) is 0 Å². The molecule has 0 radical (unpaired) electrons. The van der Waals surface area contributed by atoms with Gasteiger partial charge in [0.2, 0.25) is 0 Å². The summed E-state index contributed by atoms with van der Waals surface area (Å²) in [5, 5.41) is 5.05. The number of fused-ring (bicyclic) bond motifs is 7. The zero-order valence-corrected chi connectivity index (χ0v) is 27.3. The molecule has 2 aliphatic rings. The molecule has 1 aliphatic heterocycles. The quantitative estimate of drug-likeness (QED) is 0.189. The van der Waals surface area contributed by atoms with Gasteiger partial charge in [-0.15, -0.1) is 0 Å². The summed E-state index contributed by atoms with van der Waals surface area (Å²) in [6, 6.07) is 59.9. The van der Waals surface area contributed by atoms with Crippen molar-refractivity contribution in [1.82, 2.24) is 4.57 Å². The highest BCUT2D eigenvalue weighted by molar-refractivity contribution is 6.11. The normalized spacial score (nSPS) is 16.9. The molecule has 8 aromatic rings. The molecule has 232 valence electrons. The fraction of sp³-hybridized carbons (Fsp3) is 0.0638. The monoisotopic (exact) mass is 626 g/mol. The number of hydrogen-bond acceptors (Lipinski definition) is 1. The highest BCUT2D eigenvalue weighted by Crippen LogP contribution is 2.56. The van der Waals surface area contributed by atoms with Crippen LogP contribution in [0.3, 0.4) is 0 Å². The van der Waals surface area contributed by atoms with Crippen molar-refractivity contribution in [2.45, 2.75) is 18.8 Å². The van der Waals surface area contributed by atoms with Crippen LogP contribution in [-0.4, -0.2) is 4.57 Å². The Balaban J connectivity index is 1.11. The Morgan fingerprint density at radius 3 is 2.12 bits per heavy atom. The minimum Gasteiger partial charge on any atom is -0.313 e. The summed E-state index contributed by atoms with van der Waals surface area (Å²) in [7, 11) is 0. The van der Waals surface area contributed by atoms with Gasteiger partial charge in [-0.25, -0.2) is 0 Å². The first-order valence-electron chi connectivity index (χ1n) is 17.2. The van der Waals surface area contributed by atoms with Crippen molar-refractivity contribution >= 4 is 49.5 Å². The van der Waals surface area contributed by atoms with E-state index in [1.807, 2.05) is 0 Å². The van der Waals surface area contributed by atoms with Crippen LogP contribution in [0.1, 0.15) is 24.5 Å². The molecular weight excluding hydrogens is 593 g/mol. The first kappa shape index (κ1) is 27.9. The van der Waals surface area contributed by atoms with Crippen LogP contribution >= 0.6 is 0 Å². The van der Waals surface area contributed by atoms with E-state index in [0.29, 0.717) is 0 Å². The summed E-state index contributed by atoms with van der Waals surface area (Å²) in [5.41, 5.74) is 13.9. The fourth-order valence-corrected chi connectivity index (χ4v) is 8.50. The van der Waals surface area contributed by atoms with Crippen LogP contribution in [-0.2, 0) is 5.41 Å². The summed E-state index contributed by atoms with van der Waals surface area (Å²) in [4.78, 5) is 2.45. The summed E-state index contributed by atoms with van der Waals surface area (Å²) < 4.78 is 2.42. The lowest BCUT2D eigenvalue weighted by Crippen LogP contribution is -2.28. The van der Waals surface area contributed by atoms with Gasteiger partial charge in [-0.05, 0) is 107 Å². The Kier molecular flexibility index (Phi) is 6.10. The van der Waals surface area contributed by atoms with Crippen LogP contribution in [0.25, 0.3) is 55.0 Å². The molecule has 0 bridgehead atoms. The predicted octanol–water partition coefficient (Wildman–Crippen LogP) is 12.4. The van der Waals surface area contributed by atoms with Crippen molar-refractivity contribution in [2.75, 3.05) is 4.90 Å². The Labute approximate surface area is 286 Å². The van der Waals surface area contributed by atoms with E-state index in [0.717, 1.165) is 6.42 Å². The number of benzene rings is 7. The molecule has 49 heavy (non-hydrogen) atoms. The SMILES string of the molecule is CC12CC(c3ccccc3-c3ccc4c(c3)c3ccccc3n4-c3ccc4ccccc4c3)=CC=C1N(c1ccccc1)c1ccccc12. The summed E-state index contributed by atoms with van der Waals surface area (Å²) in [5.74, 6) is 0. The zero-order valence-electron chi connectivity index (χ0n) is 27.3.